The summed E-state index contributed by atoms with van der Waals surface area (Å²) in [4.78, 5) is 0. The van der Waals surface area contributed by atoms with Crippen LogP contribution in [-0.4, -0.2) is 24.9 Å². The van der Waals surface area contributed by atoms with E-state index >= 15 is 0 Å². The van der Waals surface area contributed by atoms with Gasteiger partial charge in [-0.15, -0.1) is 0 Å². The van der Waals surface area contributed by atoms with E-state index < -0.39 is 0 Å². The van der Waals surface area contributed by atoms with Crippen LogP contribution in [0.3, 0.4) is 0 Å². The van der Waals surface area contributed by atoms with Crippen molar-refractivity contribution in [3.05, 3.63) is 0 Å². The van der Waals surface area contributed by atoms with Crippen LogP contribution in [0.1, 0.15) is 13.8 Å². The zero-order chi connectivity index (χ0) is 7.44. The molecule has 3 nitrogen and oxygen atoms in total. The van der Waals surface area contributed by atoms with Crippen LogP contribution in [0, 0.1) is 5.92 Å². The van der Waals surface area contributed by atoms with E-state index in [1.165, 1.54) is 0 Å². The highest BCUT2D eigenvalue weighted by Gasteiger charge is 1.97. The van der Waals surface area contributed by atoms with Gasteiger partial charge in [-0.1, -0.05) is 13.8 Å². The molecular weight excluding hydrogens is 114 g/mol. The molecule has 0 aliphatic heterocycles. The normalized spacial score (nSPS) is 12.3. The Morgan fingerprint density at radius 1 is 1.44 bits per heavy atom. The van der Waals surface area contributed by atoms with E-state index in [-0.39, 0.29) is 0 Å². The second kappa shape index (κ2) is 3.33. The van der Waals surface area contributed by atoms with Gasteiger partial charge in [0, 0.05) is 20.0 Å². The van der Waals surface area contributed by atoms with Crippen LogP contribution in [0.15, 0.2) is 5.10 Å². The third-order valence-corrected chi connectivity index (χ3v) is 0.907. The van der Waals surface area contributed by atoms with Crippen LogP contribution < -0.4 is 5.73 Å². The summed E-state index contributed by atoms with van der Waals surface area (Å²) in [5.41, 5.74) is 5.53. The lowest BCUT2D eigenvalue weighted by Gasteiger charge is -2.08. The molecule has 0 spiro atoms. The fourth-order valence-electron chi connectivity index (χ4n) is 0.346. The molecule has 0 unspecified atom stereocenters. The monoisotopic (exact) mass is 129 g/mol. The summed E-state index contributed by atoms with van der Waals surface area (Å²) < 4.78 is 0. The van der Waals surface area contributed by atoms with Gasteiger partial charge in [-0.25, -0.2) is 0 Å². The van der Waals surface area contributed by atoms with E-state index in [2.05, 4.69) is 5.10 Å². The number of nitrogens with two attached hydrogens (primary N) is 1. The quantitative estimate of drug-likeness (QED) is 0.334. The largest absolute Gasteiger partial charge is 0.386 e. The molecule has 0 aromatic rings. The lowest BCUT2D eigenvalue weighted by atomic mass is 10.2. The van der Waals surface area contributed by atoms with E-state index in [9.17, 15) is 0 Å². The molecule has 0 bridgehead atoms. The number of hydrogen-bond donors (Lipinski definition) is 1. The van der Waals surface area contributed by atoms with Gasteiger partial charge >= 0.3 is 0 Å². The Balaban J connectivity index is 3.84. The Bertz CT molecular complexity index is 105. The number of amidine groups is 1. The van der Waals surface area contributed by atoms with Crippen molar-refractivity contribution in [3.63, 3.8) is 0 Å². The van der Waals surface area contributed by atoms with Crippen molar-refractivity contribution < 1.29 is 0 Å². The second-order valence-corrected chi connectivity index (χ2v) is 2.53. The zero-order valence-electron chi connectivity index (χ0n) is 6.55. The summed E-state index contributed by atoms with van der Waals surface area (Å²) in [6.07, 6.45) is 0. The first-order valence-corrected chi connectivity index (χ1v) is 3.05. The number of rotatable bonds is 2. The van der Waals surface area contributed by atoms with Gasteiger partial charge in [0.05, 0.1) is 0 Å². The molecule has 0 radical (unpaired) electrons. The molecule has 54 valence electrons. The average molecular weight is 129 g/mol. The van der Waals surface area contributed by atoms with Crippen LogP contribution in [0.2, 0.25) is 0 Å². The Morgan fingerprint density at radius 3 is 2.00 bits per heavy atom. The van der Waals surface area contributed by atoms with E-state index in [0.29, 0.717) is 11.8 Å². The molecule has 3 heteroatoms. The minimum atomic E-state index is 0.340. The third-order valence-electron chi connectivity index (χ3n) is 0.907. The molecule has 0 rings (SSSR count). The highest BCUT2D eigenvalue weighted by atomic mass is 15.4. The van der Waals surface area contributed by atoms with Crippen LogP contribution in [0.5, 0.6) is 0 Å². The Hall–Kier alpha value is -0.730. The molecule has 0 aliphatic carbocycles. The highest BCUT2D eigenvalue weighted by molar-refractivity contribution is 5.81. The predicted octanol–water partition coefficient (Wildman–Crippen LogP) is 0.476. The molecule has 9 heavy (non-hydrogen) atoms. The van der Waals surface area contributed by atoms with E-state index in [1.54, 1.807) is 5.01 Å². The van der Waals surface area contributed by atoms with Crippen molar-refractivity contribution in [2.75, 3.05) is 14.1 Å². The van der Waals surface area contributed by atoms with Crippen molar-refractivity contribution in [1.82, 2.24) is 5.01 Å². The number of nitrogens with zero attached hydrogens (tertiary/aromatic N) is 2. The summed E-state index contributed by atoms with van der Waals surface area (Å²) in [5, 5.41) is 5.71. The Kier molecular flexibility index (Phi) is 3.06. The minimum Gasteiger partial charge on any atom is -0.386 e. The van der Waals surface area contributed by atoms with Crippen molar-refractivity contribution >= 4 is 5.84 Å². The van der Waals surface area contributed by atoms with Gasteiger partial charge in [-0.2, -0.15) is 5.10 Å². The molecule has 0 aromatic heterocycles. The maximum absolute atomic E-state index is 5.53. The molecule has 0 fully saturated rings. The van der Waals surface area contributed by atoms with Gasteiger partial charge in [0.2, 0.25) is 0 Å². The molecule has 0 amide bonds. The number of hydrazone groups is 1. The SMILES string of the molecule is CC(C)C(N)=NN(C)C. The zero-order valence-corrected chi connectivity index (χ0v) is 6.55. The predicted molar refractivity (Wildman–Crippen MR) is 40.1 cm³/mol. The van der Waals surface area contributed by atoms with Gasteiger partial charge in [0.15, 0.2) is 0 Å². The van der Waals surface area contributed by atoms with E-state index in [0.717, 1.165) is 0 Å². The molecule has 0 heterocycles. The smallest absolute Gasteiger partial charge is 0.122 e. The number of hydrogen-bond acceptors (Lipinski definition) is 2. The molecule has 2 N–H and O–H groups in total. The van der Waals surface area contributed by atoms with Gasteiger partial charge < -0.3 is 10.7 Å². The fourth-order valence-corrected chi connectivity index (χ4v) is 0.346. The minimum absolute atomic E-state index is 0.340. The average Bonchev–Trinajstić information content (AvgIpc) is 1.63. The third kappa shape index (κ3) is 3.82. The van der Waals surface area contributed by atoms with Crippen LogP contribution in [0.4, 0.5) is 0 Å². The first-order chi connectivity index (χ1) is 4.04. The fraction of sp³-hybridized carbons (Fsp3) is 0.833. The van der Waals surface area contributed by atoms with Gasteiger partial charge in [0.25, 0.3) is 0 Å². The molecule has 0 saturated carbocycles. The van der Waals surface area contributed by atoms with Crippen LogP contribution in [-0.2, 0) is 0 Å². The maximum atomic E-state index is 5.53. The first-order valence-electron chi connectivity index (χ1n) is 3.05. The standard InChI is InChI=1S/C6H15N3/c1-5(2)6(7)8-9(3)4/h5H,1-4H3,(H2,7,8). The van der Waals surface area contributed by atoms with Crippen LogP contribution in [0.25, 0.3) is 0 Å². The lowest BCUT2D eigenvalue weighted by Crippen LogP contribution is -2.22. The topological polar surface area (TPSA) is 41.6 Å². The molecular formula is C6H15N3. The van der Waals surface area contributed by atoms with Gasteiger partial charge in [-0.05, 0) is 0 Å². The van der Waals surface area contributed by atoms with Crippen molar-refractivity contribution in [3.8, 4) is 0 Å². The molecule has 0 aliphatic rings. The molecule has 0 saturated heterocycles. The van der Waals surface area contributed by atoms with Crippen molar-refractivity contribution in [1.29, 1.82) is 0 Å². The van der Waals surface area contributed by atoms with Crippen molar-refractivity contribution in [2.24, 2.45) is 16.8 Å². The lowest BCUT2D eigenvalue weighted by molar-refractivity contribution is 0.433. The maximum Gasteiger partial charge on any atom is 0.122 e. The highest BCUT2D eigenvalue weighted by Crippen LogP contribution is 1.91. The van der Waals surface area contributed by atoms with Gasteiger partial charge in [-0.3, -0.25) is 0 Å². The van der Waals surface area contributed by atoms with Gasteiger partial charge in [0.1, 0.15) is 5.84 Å². The second-order valence-electron chi connectivity index (χ2n) is 2.53. The summed E-state index contributed by atoms with van der Waals surface area (Å²) in [6.45, 7) is 4.03. The molecule has 0 aromatic carbocycles. The summed E-state index contributed by atoms with van der Waals surface area (Å²) >= 11 is 0. The Morgan fingerprint density at radius 2 is 1.89 bits per heavy atom. The summed E-state index contributed by atoms with van der Waals surface area (Å²) in [5.74, 6) is 1.02. The van der Waals surface area contributed by atoms with E-state index in [1.807, 2.05) is 27.9 Å². The summed E-state index contributed by atoms with van der Waals surface area (Å²) in [7, 11) is 3.71. The van der Waals surface area contributed by atoms with Crippen LogP contribution >= 0.6 is 0 Å². The Labute approximate surface area is 56.5 Å². The molecule has 0 atom stereocenters. The van der Waals surface area contributed by atoms with E-state index in [4.69, 9.17) is 5.73 Å². The first kappa shape index (κ1) is 8.27. The summed E-state index contributed by atoms with van der Waals surface area (Å²) in [6, 6.07) is 0. The van der Waals surface area contributed by atoms with Crippen molar-refractivity contribution in [2.45, 2.75) is 13.8 Å².